The van der Waals surface area contributed by atoms with Gasteiger partial charge in [0.25, 0.3) is 0 Å². The van der Waals surface area contributed by atoms with Gasteiger partial charge in [-0.15, -0.1) is 0 Å². The molecule has 2 atom stereocenters. The molecule has 5 nitrogen and oxygen atoms in total. The lowest BCUT2D eigenvalue weighted by Crippen LogP contribution is -2.52. The number of rotatable bonds is 2. The lowest BCUT2D eigenvalue weighted by molar-refractivity contribution is -0.134. The summed E-state index contributed by atoms with van der Waals surface area (Å²) in [5.41, 5.74) is 7.62. The molecular formula is C15H21BrN4O. The summed E-state index contributed by atoms with van der Waals surface area (Å²) < 4.78 is 1.07. The Hall–Kier alpha value is -0.950. The van der Waals surface area contributed by atoms with E-state index in [1.54, 1.807) is 0 Å². The monoisotopic (exact) mass is 352 g/mol. The van der Waals surface area contributed by atoms with Crippen LogP contribution in [0.2, 0.25) is 0 Å². The zero-order valence-corrected chi connectivity index (χ0v) is 13.8. The van der Waals surface area contributed by atoms with Gasteiger partial charge in [-0.2, -0.15) is 0 Å². The minimum Gasteiger partial charge on any atom is -0.339 e. The molecule has 2 unspecified atom stereocenters. The molecule has 6 heteroatoms. The molecule has 1 amide bonds. The first-order valence-electron chi connectivity index (χ1n) is 7.37. The maximum atomic E-state index is 12.5. The van der Waals surface area contributed by atoms with Crippen LogP contribution in [0.4, 0.5) is 0 Å². The van der Waals surface area contributed by atoms with Crippen molar-refractivity contribution in [1.82, 2.24) is 20.7 Å². The van der Waals surface area contributed by atoms with Crippen molar-refractivity contribution >= 4 is 21.8 Å². The molecule has 2 N–H and O–H groups in total. The van der Waals surface area contributed by atoms with Gasteiger partial charge in [-0.05, 0) is 31.2 Å². The first-order valence-corrected chi connectivity index (χ1v) is 8.16. The number of piperazine rings is 1. The Labute approximate surface area is 133 Å². The second-order valence-electron chi connectivity index (χ2n) is 5.81. The van der Waals surface area contributed by atoms with Gasteiger partial charge in [0.1, 0.15) is 6.04 Å². The van der Waals surface area contributed by atoms with Gasteiger partial charge in [-0.1, -0.05) is 28.1 Å². The van der Waals surface area contributed by atoms with Gasteiger partial charge in [0.05, 0.1) is 0 Å². The molecule has 114 valence electrons. The van der Waals surface area contributed by atoms with Crippen molar-refractivity contribution in [1.29, 1.82) is 0 Å². The van der Waals surface area contributed by atoms with E-state index in [0.717, 1.165) is 37.1 Å². The molecule has 21 heavy (non-hydrogen) atoms. The molecule has 0 radical (unpaired) electrons. The number of halogens is 1. The van der Waals surface area contributed by atoms with Crippen LogP contribution in [-0.2, 0) is 4.79 Å². The molecule has 0 aromatic heterocycles. The highest BCUT2D eigenvalue weighted by Crippen LogP contribution is 2.24. The molecular weight excluding hydrogens is 332 g/mol. The topological polar surface area (TPSA) is 47.6 Å². The van der Waals surface area contributed by atoms with Crippen LogP contribution in [0.5, 0.6) is 0 Å². The lowest BCUT2D eigenvalue weighted by Gasteiger charge is -2.33. The number of hydrogen-bond acceptors (Lipinski definition) is 4. The Balaban J connectivity index is 1.59. The van der Waals surface area contributed by atoms with E-state index in [2.05, 4.69) is 50.9 Å². The first kappa shape index (κ1) is 15.0. The number of nitrogens with one attached hydrogen (secondary N) is 2. The molecule has 0 bridgehead atoms. The summed E-state index contributed by atoms with van der Waals surface area (Å²) in [6, 6.07) is 8.32. The van der Waals surface area contributed by atoms with Crippen molar-refractivity contribution in [2.75, 3.05) is 33.2 Å². The molecule has 2 saturated heterocycles. The normalized spacial score (nSPS) is 27.0. The Bertz CT molecular complexity index is 499. The van der Waals surface area contributed by atoms with Crippen LogP contribution in [0.15, 0.2) is 28.7 Å². The van der Waals surface area contributed by atoms with E-state index in [9.17, 15) is 4.79 Å². The Morgan fingerprint density at radius 1 is 1.14 bits per heavy atom. The molecule has 2 fully saturated rings. The number of hydrogen-bond donors (Lipinski definition) is 2. The Morgan fingerprint density at radius 3 is 2.48 bits per heavy atom. The van der Waals surface area contributed by atoms with Gasteiger partial charge in [0, 0.05) is 36.7 Å². The molecule has 1 aromatic carbocycles. The fraction of sp³-hybridized carbons (Fsp3) is 0.533. The minimum absolute atomic E-state index is 0.123. The third kappa shape index (κ3) is 3.45. The SMILES string of the molecule is CN1CCN(C(=O)C2CC(c3ccc(Br)cc3)NN2)CC1. The zero-order valence-electron chi connectivity index (χ0n) is 12.2. The third-order valence-electron chi connectivity index (χ3n) is 4.29. The van der Waals surface area contributed by atoms with Gasteiger partial charge >= 0.3 is 0 Å². The summed E-state index contributed by atoms with van der Waals surface area (Å²) in [7, 11) is 2.10. The molecule has 0 spiro atoms. The smallest absolute Gasteiger partial charge is 0.241 e. The molecule has 2 aliphatic heterocycles. The summed E-state index contributed by atoms with van der Waals surface area (Å²) >= 11 is 3.45. The number of hydrazine groups is 1. The molecule has 2 aliphatic rings. The molecule has 3 rings (SSSR count). The van der Waals surface area contributed by atoms with Crippen LogP contribution in [0, 0.1) is 0 Å². The van der Waals surface area contributed by atoms with E-state index < -0.39 is 0 Å². The number of nitrogens with zero attached hydrogens (tertiary/aromatic N) is 2. The van der Waals surface area contributed by atoms with Crippen LogP contribution in [0.25, 0.3) is 0 Å². The van der Waals surface area contributed by atoms with E-state index in [-0.39, 0.29) is 18.0 Å². The van der Waals surface area contributed by atoms with E-state index >= 15 is 0 Å². The van der Waals surface area contributed by atoms with E-state index in [0.29, 0.717) is 0 Å². The molecule has 0 saturated carbocycles. The third-order valence-corrected chi connectivity index (χ3v) is 4.82. The van der Waals surface area contributed by atoms with Crippen molar-refractivity contribution in [3.05, 3.63) is 34.3 Å². The van der Waals surface area contributed by atoms with Crippen molar-refractivity contribution in [2.45, 2.75) is 18.5 Å². The largest absolute Gasteiger partial charge is 0.339 e. The highest BCUT2D eigenvalue weighted by Gasteiger charge is 2.33. The average Bonchev–Trinajstić information content (AvgIpc) is 2.98. The lowest BCUT2D eigenvalue weighted by atomic mass is 10.0. The van der Waals surface area contributed by atoms with Crippen molar-refractivity contribution in [3.8, 4) is 0 Å². The summed E-state index contributed by atoms with van der Waals surface area (Å²) in [5.74, 6) is 0.218. The van der Waals surface area contributed by atoms with Crippen LogP contribution in [0.3, 0.4) is 0 Å². The standard InChI is InChI=1S/C15H21BrN4O/c1-19-6-8-20(9-7-19)15(21)14-10-13(17-18-14)11-2-4-12(16)5-3-11/h2-5,13-14,17-18H,6-10H2,1H3. The van der Waals surface area contributed by atoms with E-state index in [1.165, 1.54) is 5.56 Å². The minimum atomic E-state index is -0.123. The summed E-state index contributed by atoms with van der Waals surface area (Å²) in [6.45, 7) is 3.58. The first-order chi connectivity index (χ1) is 10.1. The fourth-order valence-electron chi connectivity index (χ4n) is 2.88. The number of benzene rings is 1. The highest BCUT2D eigenvalue weighted by molar-refractivity contribution is 9.10. The van der Waals surface area contributed by atoms with Crippen LogP contribution < -0.4 is 10.9 Å². The number of carbonyl (C=O) groups excluding carboxylic acids is 1. The fourth-order valence-corrected chi connectivity index (χ4v) is 3.14. The second-order valence-corrected chi connectivity index (χ2v) is 6.73. The summed E-state index contributed by atoms with van der Waals surface area (Å²) in [6.07, 6.45) is 0.798. The average molecular weight is 353 g/mol. The van der Waals surface area contributed by atoms with Gasteiger partial charge < -0.3 is 9.80 Å². The summed E-state index contributed by atoms with van der Waals surface area (Å²) in [4.78, 5) is 16.8. The second kappa shape index (κ2) is 6.44. The molecule has 2 heterocycles. The number of likely N-dealkylation sites (N-methyl/N-ethyl adjacent to an activating group) is 1. The van der Waals surface area contributed by atoms with Crippen molar-refractivity contribution in [2.24, 2.45) is 0 Å². The van der Waals surface area contributed by atoms with Crippen LogP contribution in [0.1, 0.15) is 18.0 Å². The zero-order chi connectivity index (χ0) is 14.8. The predicted octanol–water partition coefficient (Wildman–Crippen LogP) is 1.13. The van der Waals surface area contributed by atoms with Gasteiger partial charge in [0.15, 0.2) is 0 Å². The van der Waals surface area contributed by atoms with Crippen molar-refractivity contribution in [3.63, 3.8) is 0 Å². The predicted molar refractivity (Wildman–Crippen MR) is 85.6 cm³/mol. The van der Waals surface area contributed by atoms with Gasteiger partial charge in [-0.25, -0.2) is 10.9 Å². The van der Waals surface area contributed by atoms with Gasteiger partial charge in [0.2, 0.25) is 5.91 Å². The number of amides is 1. The summed E-state index contributed by atoms with van der Waals surface area (Å²) in [5, 5.41) is 0. The molecule has 0 aliphatic carbocycles. The highest BCUT2D eigenvalue weighted by atomic mass is 79.9. The van der Waals surface area contributed by atoms with E-state index in [4.69, 9.17) is 0 Å². The maximum absolute atomic E-state index is 12.5. The Kier molecular flexibility index (Phi) is 4.59. The quantitative estimate of drug-likeness (QED) is 0.837. The van der Waals surface area contributed by atoms with Crippen LogP contribution >= 0.6 is 15.9 Å². The van der Waals surface area contributed by atoms with E-state index in [1.807, 2.05) is 17.0 Å². The maximum Gasteiger partial charge on any atom is 0.241 e. The van der Waals surface area contributed by atoms with Gasteiger partial charge in [-0.3, -0.25) is 4.79 Å². The van der Waals surface area contributed by atoms with Crippen molar-refractivity contribution < 1.29 is 4.79 Å². The Morgan fingerprint density at radius 2 is 1.81 bits per heavy atom. The van der Waals surface area contributed by atoms with Crippen LogP contribution in [-0.4, -0.2) is 55.0 Å². The molecule has 1 aromatic rings. The number of carbonyl (C=O) groups is 1.